The number of rotatable bonds is 2. The Kier molecular flexibility index (Phi) is 3.48. The Bertz CT molecular complexity index is 628. The van der Waals surface area contributed by atoms with Gasteiger partial charge in [-0.2, -0.15) is 0 Å². The lowest BCUT2D eigenvalue weighted by molar-refractivity contribution is 0.243. The van der Waals surface area contributed by atoms with Crippen LogP contribution in [0.2, 0.25) is 5.02 Å². The number of fused-ring (bicyclic) bond motifs is 1. The molecule has 2 N–H and O–H groups in total. The molecule has 0 aromatic heterocycles. The van der Waals surface area contributed by atoms with E-state index in [1.54, 1.807) is 24.3 Å². The van der Waals surface area contributed by atoms with Crippen molar-refractivity contribution in [2.45, 2.75) is 6.04 Å². The molecule has 5 heteroatoms. The summed E-state index contributed by atoms with van der Waals surface area (Å²) in [6, 6.07) is 14.3. The van der Waals surface area contributed by atoms with E-state index in [9.17, 15) is 4.79 Å². The van der Waals surface area contributed by atoms with Gasteiger partial charge in [-0.25, -0.2) is 4.79 Å². The predicted molar refractivity (Wildman–Crippen MR) is 78.3 cm³/mol. The number of hydrogen-bond acceptors (Lipinski definition) is 2. The van der Waals surface area contributed by atoms with E-state index in [0.29, 0.717) is 17.3 Å². The van der Waals surface area contributed by atoms with E-state index in [4.69, 9.17) is 16.3 Å². The van der Waals surface area contributed by atoms with E-state index in [0.717, 1.165) is 11.3 Å². The van der Waals surface area contributed by atoms with Gasteiger partial charge in [-0.15, -0.1) is 0 Å². The molecule has 0 radical (unpaired) electrons. The zero-order chi connectivity index (χ0) is 13.9. The maximum absolute atomic E-state index is 12.0. The first kappa shape index (κ1) is 12.8. The van der Waals surface area contributed by atoms with Crippen molar-refractivity contribution in [3.8, 4) is 5.75 Å². The van der Waals surface area contributed by atoms with E-state index >= 15 is 0 Å². The number of carbonyl (C=O) groups excluding carboxylic acids is 1. The normalized spacial score (nSPS) is 16.1. The summed E-state index contributed by atoms with van der Waals surface area (Å²) in [5.74, 6) is 0.823. The van der Waals surface area contributed by atoms with E-state index in [2.05, 4.69) is 10.6 Å². The van der Waals surface area contributed by atoms with Gasteiger partial charge in [-0.3, -0.25) is 0 Å². The average Bonchev–Trinajstić information content (AvgIpc) is 2.85. The standard InChI is InChI=1S/C15H13ClN2O2/c16-10-5-7-11(8-6-10)17-15(19)18-13-9-20-14-4-2-1-3-12(13)14/h1-8,13H,9H2,(H2,17,18,19). The van der Waals surface area contributed by atoms with Crippen molar-refractivity contribution in [2.75, 3.05) is 11.9 Å². The molecule has 0 fully saturated rings. The minimum atomic E-state index is -0.266. The molecule has 1 atom stereocenters. The van der Waals surface area contributed by atoms with Gasteiger partial charge in [-0.1, -0.05) is 29.8 Å². The molecule has 4 nitrogen and oxygen atoms in total. The first-order valence-corrected chi connectivity index (χ1v) is 6.65. The van der Waals surface area contributed by atoms with Crippen molar-refractivity contribution in [2.24, 2.45) is 0 Å². The molecule has 0 bridgehead atoms. The van der Waals surface area contributed by atoms with Crippen LogP contribution in [0.4, 0.5) is 10.5 Å². The second kappa shape index (κ2) is 5.43. The van der Waals surface area contributed by atoms with Gasteiger partial charge >= 0.3 is 6.03 Å². The Morgan fingerprint density at radius 1 is 1.15 bits per heavy atom. The third kappa shape index (κ3) is 2.70. The number of halogens is 1. The molecule has 102 valence electrons. The highest BCUT2D eigenvalue weighted by atomic mass is 35.5. The largest absolute Gasteiger partial charge is 0.491 e. The highest BCUT2D eigenvalue weighted by molar-refractivity contribution is 6.30. The maximum Gasteiger partial charge on any atom is 0.319 e. The molecule has 2 aromatic rings. The second-order valence-corrected chi connectivity index (χ2v) is 4.94. The third-order valence-corrected chi connectivity index (χ3v) is 3.36. The SMILES string of the molecule is O=C(Nc1ccc(Cl)cc1)NC1COc2ccccc21. The van der Waals surface area contributed by atoms with Crippen LogP contribution in [0.25, 0.3) is 0 Å². The number of ether oxygens (including phenoxy) is 1. The minimum absolute atomic E-state index is 0.126. The number of carbonyl (C=O) groups is 1. The first-order valence-electron chi connectivity index (χ1n) is 6.27. The summed E-state index contributed by atoms with van der Waals surface area (Å²) < 4.78 is 5.52. The van der Waals surface area contributed by atoms with Crippen molar-refractivity contribution >= 4 is 23.3 Å². The van der Waals surface area contributed by atoms with Crippen LogP contribution in [0.5, 0.6) is 5.75 Å². The highest BCUT2D eigenvalue weighted by Gasteiger charge is 2.24. The summed E-state index contributed by atoms with van der Waals surface area (Å²) in [5, 5.41) is 6.29. The fraction of sp³-hybridized carbons (Fsp3) is 0.133. The Labute approximate surface area is 121 Å². The molecule has 0 spiro atoms. The number of urea groups is 1. The topological polar surface area (TPSA) is 50.4 Å². The van der Waals surface area contributed by atoms with Crippen LogP contribution in [0.3, 0.4) is 0 Å². The van der Waals surface area contributed by atoms with Crippen LogP contribution >= 0.6 is 11.6 Å². The predicted octanol–water partition coefficient (Wildman–Crippen LogP) is 3.60. The van der Waals surface area contributed by atoms with Crippen LogP contribution in [0.15, 0.2) is 48.5 Å². The number of benzene rings is 2. The highest BCUT2D eigenvalue weighted by Crippen LogP contribution is 2.31. The molecule has 1 aliphatic heterocycles. The van der Waals surface area contributed by atoms with Gasteiger partial charge in [0.1, 0.15) is 12.4 Å². The van der Waals surface area contributed by atoms with Crippen molar-refractivity contribution in [3.05, 3.63) is 59.1 Å². The number of amides is 2. The van der Waals surface area contributed by atoms with Crippen molar-refractivity contribution < 1.29 is 9.53 Å². The maximum atomic E-state index is 12.0. The van der Waals surface area contributed by atoms with Crippen LogP contribution in [0, 0.1) is 0 Å². The molecule has 0 saturated carbocycles. The Balaban J connectivity index is 1.64. The van der Waals surface area contributed by atoms with Gasteiger partial charge in [0.05, 0.1) is 6.04 Å². The summed E-state index contributed by atoms with van der Waals surface area (Å²) in [5.41, 5.74) is 1.69. The minimum Gasteiger partial charge on any atom is -0.491 e. The van der Waals surface area contributed by atoms with E-state index in [-0.39, 0.29) is 12.1 Å². The van der Waals surface area contributed by atoms with Crippen molar-refractivity contribution in [1.29, 1.82) is 0 Å². The fourth-order valence-electron chi connectivity index (χ4n) is 2.14. The van der Waals surface area contributed by atoms with E-state index < -0.39 is 0 Å². The lowest BCUT2D eigenvalue weighted by Gasteiger charge is -2.12. The van der Waals surface area contributed by atoms with Gasteiger partial charge in [0.15, 0.2) is 0 Å². The Morgan fingerprint density at radius 3 is 2.70 bits per heavy atom. The van der Waals surface area contributed by atoms with Crippen LogP contribution in [0.1, 0.15) is 11.6 Å². The third-order valence-electron chi connectivity index (χ3n) is 3.11. The lowest BCUT2D eigenvalue weighted by atomic mass is 10.1. The molecular weight excluding hydrogens is 276 g/mol. The Morgan fingerprint density at radius 2 is 1.90 bits per heavy atom. The van der Waals surface area contributed by atoms with Gasteiger partial charge in [-0.05, 0) is 30.3 Å². The monoisotopic (exact) mass is 288 g/mol. The van der Waals surface area contributed by atoms with E-state index in [1.807, 2.05) is 24.3 Å². The molecule has 1 unspecified atom stereocenters. The average molecular weight is 289 g/mol. The zero-order valence-corrected chi connectivity index (χ0v) is 11.4. The second-order valence-electron chi connectivity index (χ2n) is 4.51. The molecule has 20 heavy (non-hydrogen) atoms. The van der Waals surface area contributed by atoms with Crippen LogP contribution in [-0.2, 0) is 0 Å². The molecule has 2 aromatic carbocycles. The molecule has 0 aliphatic carbocycles. The zero-order valence-electron chi connectivity index (χ0n) is 10.6. The molecule has 3 rings (SSSR count). The molecule has 1 aliphatic rings. The molecular formula is C15H13ClN2O2. The fourth-order valence-corrected chi connectivity index (χ4v) is 2.27. The van der Waals surface area contributed by atoms with Gasteiger partial charge in [0.25, 0.3) is 0 Å². The lowest BCUT2D eigenvalue weighted by Crippen LogP contribution is -2.33. The quantitative estimate of drug-likeness (QED) is 0.887. The number of para-hydroxylation sites is 1. The van der Waals surface area contributed by atoms with Crippen molar-refractivity contribution in [1.82, 2.24) is 5.32 Å². The smallest absolute Gasteiger partial charge is 0.319 e. The molecule has 2 amide bonds. The van der Waals surface area contributed by atoms with Gasteiger partial charge < -0.3 is 15.4 Å². The summed E-state index contributed by atoms with van der Waals surface area (Å²) in [4.78, 5) is 12.0. The molecule has 1 heterocycles. The van der Waals surface area contributed by atoms with E-state index in [1.165, 1.54) is 0 Å². The summed E-state index contributed by atoms with van der Waals surface area (Å²) >= 11 is 5.80. The Hall–Kier alpha value is -2.20. The number of hydrogen-bond donors (Lipinski definition) is 2. The number of anilines is 1. The van der Waals surface area contributed by atoms with Crippen LogP contribution in [-0.4, -0.2) is 12.6 Å². The molecule has 0 saturated heterocycles. The first-order chi connectivity index (χ1) is 9.72. The van der Waals surface area contributed by atoms with Crippen LogP contribution < -0.4 is 15.4 Å². The summed E-state index contributed by atoms with van der Waals surface area (Å²) in [7, 11) is 0. The summed E-state index contributed by atoms with van der Waals surface area (Å²) in [6.45, 7) is 0.452. The number of nitrogens with one attached hydrogen (secondary N) is 2. The summed E-state index contributed by atoms with van der Waals surface area (Å²) in [6.07, 6.45) is 0. The van der Waals surface area contributed by atoms with Crippen molar-refractivity contribution in [3.63, 3.8) is 0 Å². The van der Waals surface area contributed by atoms with Gasteiger partial charge in [0, 0.05) is 16.3 Å². The van der Waals surface area contributed by atoms with Gasteiger partial charge in [0.2, 0.25) is 0 Å².